The summed E-state index contributed by atoms with van der Waals surface area (Å²) in [6.07, 6.45) is 5.51. The van der Waals surface area contributed by atoms with E-state index in [0.29, 0.717) is 12.0 Å². The molecule has 0 saturated heterocycles. The first-order valence-corrected chi connectivity index (χ1v) is 5.92. The number of hydrogen-bond acceptors (Lipinski definition) is 4. The molecule has 1 fully saturated rings. The quantitative estimate of drug-likeness (QED) is 0.811. The van der Waals surface area contributed by atoms with Crippen LogP contribution < -0.4 is 5.73 Å². The molecule has 0 spiro atoms. The van der Waals surface area contributed by atoms with Gasteiger partial charge in [0, 0.05) is 19.7 Å². The molecule has 1 unspecified atom stereocenters. The van der Waals surface area contributed by atoms with Crippen molar-refractivity contribution in [3.05, 3.63) is 11.9 Å². The van der Waals surface area contributed by atoms with Crippen LogP contribution in [0.3, 0.4) is 0 Å². The number of rotatable bonds is 5. The van der Waals surface area contributed by atoms with E-state index in [2.05, 4.69) is 10.3 Å². The van der Waals surface area contributed by atoms with Crippen LogP contribution in [0.1, 0.15) is 37.9 Å². The molecular weight excluding hydrogens is 204 g/mol. The van der Waals surface area contributed by atoms with E-state index in [9.17, 15) is 0 Å². The molecule has 1 aromatic rings. The van der Waals surface area contributed by atoms with E-state index in [-0.39, 0.29) is 6.04 Å². The Labute approximate surface area is 96.0 Å². The van der Waals surface area contributed by atoms with Gasteiger partial charge >= 0.3 is 0 Å². The van der Waals surface area contributed by atoms with E-state index in [4.69, 9.17) is 10.5 Å². The zero-order valence-corrected chi connectivity index (χ0v) is 9.97. The lowest BCUT2D eigenvalue weighted by atomic mass is 9.78. The largest absolute Gasteiger partial charge is 0.378 e. The molecule has 0 aromatic carbocycles. The molecule has 1 saturated carbocycles. The monoisotopic (exact) mass is 224 g/mol. The van der Waals surface area contributed by atoms with Gasteiger partial charge in [-0.15, -0.1) is 5.10 Å². The number of aromatic nitrogens is 3. The second-order valence-corrected chi connectivity index (χ2v) is 4.54. The zero-order chi connectivity index (χ0) is 11.5. The first-order chi connectivity index (χ1) is 7.70. The van der Waals surface area contributed by atoms with Crippen molar-refractivity contribution in [1.82, 2.24) is 15.0 Å². The molecule has 1 heterocycles. The van der Waals surface area contributed by atoms with Crippen LogP contribution in [0.4, 0.5) is 0 Å². The minimum absolute atomic E-state index is 0.0487. The van der Waals surface area contributed by atoms with Gasteiger partial charge in [0.15, 0.2) is 0 Å². The second kappa shape index (κ2) is 4.93. The molecule has 0 aliphatic heterocycles. The minimum atomic E-state index is 0.0487. The van der Waals surface area contributed by atoms with Crippen LogP contribution in [0.25, 0.3) is 0 Å². The summed E-state index contributed by atoms with van der Waals surface area (Å²) in [6.45, 7) is 2.86. The summed E-state index contributed by atoms with van der Waals surface area (Å²) in [4.78, 5) is 0. The maximum Gasteiger partial charge on any atom is 0.0751 e. The maximum absolute atomic E-state index is 6.13. The smallest absolute Gasteiger partial charge is 0.0751 e. The fourth-order valence-corrected chi connectivity index (χ4v) is 2.35. The van der Waals surface area contributed by atoms with Crippen molar-refractivity contribution >= 4 is 0 Å². The van der Waals surface area contributed by atoms with E-state index in [1.165, 1.54) is 0 Å². The van der Waals surface area contributed by atoms with Crippen LogP contribution in [-0.4, -0.2) is 27.7 Å². The number of ether oxygens (including phenoxy) is 1. The first kappa shape index (κ1) is 11.5. The predicted molar refractivity (Wildman–Crippen MR) is 60.7 cm³/mol. The number of aryl methyl sites for hydroxylation is 1. The average molecular weight is 224 g/mol. The SMILES string of the molecule is CCOC1CC(CC(N)c2cnnn2C)C1. The second-order valence-electron chi connectivity index (χ2n) is 4.54. The Balaban J connectivity index is 1.77. The van der Waals surface area contributed by atoms with Crippen LogP contribution in [0.2, 0.25) is 0 Å². The van der Waals surface area contributed by atoms with Crippen LogP contribution >= 0.6 is 0 Å². The summed E-state index contributed by atoms with van der Waals surface area (Å²) in [7, 11) is 1.88. The zero-order valence-electron chi connectivity index (χ0n) is 9.97. The van der Waals surface area contributed by atoms with Gasteiger partial charge in [0.1, 0.15) is 0 Å². The summed E-state index contributed by atoms with van der Waals surface area (Å²) in [6, 6.07) is 0.0487. The highest BCUT2D eigenvalue weighted by atomic mass is 16.5. The van der Waals surface area contributed by atoms with Crippen LogP contribution in [0.15, 0.2) is 6.20 Å². The van der Waals surface area contributed by atoms with E-state index >= 15 is 0 Å². The van der Waals surface area contributed by atoms with Crippen LogP contribution in [0.5, 0.6) is 0 Å². The molecule has 2 rings (SSSR count). The maximum atomic E-state index is 6.13. The van der Waals surface area contributed by atoms with Crippen molar-refractivity contribution in [3.63, 3.8) is 0 Å². The van der Waals surface area contributed by atoms with Gasteiger partial charge in [0.2, 0.25) is 0 Å². The van der Waals surface area contributed by atoms with E-state index in [1.54, 1.807) is 10.9 Å². The van der Waals surface area contributed by atoms with Gasteiger partial charge in [0.05, 0.1) is 18.0 Å². The molecule has 0 radical (unpaired) electrons. The fraction of sp³-hybridized carbons (Fsp3) is 0.818. The average Bonchev–Trinajstić information content (AvgIpc) is 2.61. The Morgan fingerprint density at radius 2 is 2.38 bits per heavy atom. The molecule has 1 aliphatic carbocycles. The molecule has 2 N–H and O–H groups in total. The minimum Gasteiger partial charge on any atom is -0.378 e. The van der Waals surface area contributed by atoms with Gasteiger partial charge in [-0.2, -0.15) is 0 Å². The van der Waals surface area contributed by atoms with Crippen LogP contribution in [-0.2, 0) is 11.8 Å². The fourth-order valence-electron chi connectivity index (χ4n) is 2.35. The van der Waals surface area contributed by atoms with Gasteiger partial charge in [-0.3, -0.25) is 4.68 Å². The molecule has 1 atom stereocenters. The van der Waals surface area contributed by atoms with Gasteiger partial charge < -0.3 is 10.5 Å². The van der Waals surface area contributed by atoms with Gasteiger partial charge in [-0.25, -0.2) is 0 Å². The van der Waals surface area contributed by atoms with Crippen molar-refractivity contribution in [2.75, 3.05) is 6.61 Å². The highest BCUT2D eigenvalue weighted by molar-refractivity contribution is 5.01. The van der Waals surface area contributed by atoms with Gasteiger partial charge in [-0.05, 0) is 32.1 Å². The summed E-state index contributed by atoms with van der Waals surface area (Å²) in [5.41, 5.74) is 7.14. The molecule has 0 amide bonds. The lowest BCUT2D eigenvalue weighted by molar-refractivity contribution is -0.0283. The predicted octanol–water partition coefficient (Wildman–Crippen LogP) is 1.02. The lowest BCUT2D eigenvalue weighted by Crippen LogP contribution is -2.33. The molecule has 1 aliphatic rings. The highest BCUT2D eigenvalue weighted by Crippen LogP contribution is 2.35. The third kappa shape index (κ3) is 2.41. The van der Waals surface area contributed by atoms with Crippen molar-refractivity contribution in [2.24, 2.45) is 18.7 Å². The lowest BCUT2D eigenvalue weighted by Gasteiger charge is -2.36. The van der Waals surface area contributed by atoms with Crippen molar-refractivity contribution < 1.29 is 4.74 Å². The van der Waals surface area contributed by atoms with Crippen molar-refractivity contribution in [3.8, 4) is 0 Å². The number of nitrogens with zero attached hydrogens (tertiary/aromatic N) is 3. The molecule has 1 aromatic heterocycles. The summed E-state index contributed by atoms with van der Waals surface area (Å²) in [5.74, 6) is 0.696. The molecule has 90 valence electrons. The van der Waals surface area contributed by atoms with Crippen molar-refractivity contribution in [1.29, 1.82) is 0 Å². The van der Waals surface area contributed by atoms with Gasteiger partial charge in [-0.1, -0.05) is 5.21 Å². The normalized spacial score (nSPS) is 26.4. The molecule has 16 heavy (non-hydrogen) atoms. The first-order valence-electron chi connectivity index (χ1n) is 5.92. The third-order valence-corrected chi connectivity index (χ3v) is 3.31. The topological polar surface area (TPSA) is 66.0 Å². The molecule has 5 nitrogen and oxygen atoms in total. The summed E-state index contributed by atoms with van der Waals surface area (Å²) < 4.78 is 7.29. The summed E-state index contributed by atoms with van der Waals surface area (Å²) >= 11 is 0. The van der Waals surface area contributed by atoms with Crippen molar-refractivity contribution in [2.45, 2.75) is 38.3 Å². The Kier molecular flexibility index (Phi) is 3.56. The Morgan fingerprint density at radius 1 is 1.62 bits per heavy atom. The van der Waals surface area contributed by atoms with Gasteiger partial charge in [0.25, 0.3) is 0 Å². The van der Waals surface area contributed by atoms with E-state index < -0.39 is 0 Å². The Morgan fingerprint density at radius 3 is 2.94 bits per heavy atom. The Hall–Kier alpha value is -0.940. The highest BCUT2D eigenvalue weighted by Gasteiger charge is 2.31. The molecule has 5 heteroatoms. The number of nitrogens with two attached hydrogens (primary N) is 1. The third-order valence-electron chi connectivity index (χ3n) is 3.31. The Bertz CT molecular complexity index is 332. The van der Waals surface area contributed by atoms with E-state index in [1.807, 2.05) is 14.0 Å². The van der Waals surface area contributed by atoms with E-state index in [0.717, 1.165) is 31.6 Å². The molecular formula is C11H20N4O. The number of hydrogen-bond donors (Lipinski definition) is 1. The summed E-state index contributed by atoms with van der Waals surface area (Å²) in [5, 5.41) is 7.74. The molecule has 0 bridgehead atoms. The van der Waals surface area contributed by atoms with Crippen LogP contribution in [0, 0.1) is 5.92 Å². The standard InChI is InChI=1S/C11H20N4O/c1-3-16-9-4-8(5-9)6-10(12)11-7-13-14-15(11)2/h7-10H,3-6,12H2,1-2H3.